The van der Waals surface area contributed by atoms with Crippen LogP contribution in [0.15, 0.2) is 46.7 Å². The maximum atomic E-state index is 12.1. The van der Waals surface area contributed by atoms with Crippen molar-refractivity contribution in [2.75, 3.05) is 11.4 Å². The van der Waals surface area contributed by atoms with E-state index >= 15 is 0 Å². The Morgan fingerprint density at radius 3 is 2.73 bits per heavy atom. The van der Waals surface area contributed by atoms with Gasteiger partial charge in [0.15, 0.2) is 5.12 Å². The van der Waals surface area contributed by atoms with E-state index in [1.165, 1.54) is 0 Å². The van der Waals surface area contributed by atoms with Gasteiger partial charge < -0.3 is 4.90 Å². The molecule has 0 aliphatic carbocycles. The molecule has 0 amide bonds. The summed E-state index contributed by atoms with van der Waals surface area (Å²) in [6.45, 7) is 4.84. The van der Waals surface area contributed by atoms with Gasteiger partial charge in [-0.15, -0.1) is 10.9 Å². The Kier molecular flexibility index (Phi) is 4.29. The quantitative estimate of drug-likeness (QED) is 0.854. The molecular weight excluding hydrogens is 292 g/mol. The zero-order valence-electron chi connectivity index (χ0n) is 12.8. The highest BCUT2D eigenvalue weighted by Crippen LogP contribution is 2.49. The van der Waals surface area contributed by atoms with E-state index in [2.05, 4.69) is 41.2 Å². The molecule has 1 aliphatic rings. The maximum Gasteiger partial charge on any atom is 0.176 e. The molecule has 113 valence electrons. The zero-order chi connectivity index (χ0) is 15.5. The van der Waals surface area contributed by atoms with Gasteiger partial charge in [-0.1, -0.05) is 25.1 Å². The first kappa shape index (κ1) is 14.9. The largest absolute Gasteiger partial charge is 0.326 e. The van der Waals surface area contributed by atoms with Crippen LogP contribution < -0.4 is 4.90 Å². The van der Waals surface area contributed by atoms with Crippen LogP contribution in [0.25, 0.3) is 6.08 Å². The van der Waals surface area contributed by atoms with E-state index in [-0.39, 0.29) is 0 Å². The van der Waals surface area contributed by atoms with E-state index in [0.29, 0.717) is 11.5 Å². The third kappa shape index (κ3) is 2.55. The molecule has 3 rings (SSSR count). The number of carbonyl (C=O) groups is 1. The van der Waals surface area contributed by atoms with Gasteiger partial charge in [-0.05, 0) is 36.6 Å². The second kappa shape index (κ2) is 6.36. The fraction of sp³-hybridized carbons (Fsp3) is 0.222. The smallest absolute Gasteiger partial charge is 0.176 e. The second-order valence-electron chi connectivity index (χ2n) is 5.02. The normalized spacial score (nSPS) is 17.3. The number of hydrogen-bond acceptors (Lipinski definition) is 3. The molecule has 1 atom stereocenters. The fourth-order valence-electron chi connectivity index (χ4n) is 2.65. The first-order valence-electron chi connectivity index (χ1n) is 7.50. The fourth-order valence-corrected chi connectivity index (χ4v) is 4.52. The summed E-state index contributed by atoms with van der Waals surface area (Å²) in [4.78, 5) is 19.8. The van der Waals surface area contributed by atoms with E-state index in [1.54, 1.807) is 0 Å². The van der Waals surface area contributed by atoms with Crippen molar-refractivity contribution in [3.05, 3.63) is 53.6 Å². The number of rotatable bonds is 4. The number of hydrogen-bond donors (Lipinski definition) is 1. The summed E-state index contributed by atoms with van der Waals surface area (Å²) in [5.41, 5.74) is 2.17. The average Bonchev–Trinajstić information content (AvgIpc) is 3.01. The van der Waals surface area contributed by atoms with Crippen LogP contribution >= 0.6 is 10.9 Å². The standard InChI is InChI=1S/C18H19N2OS/c1-3-17(21)22-13-11-15-16(22)10-12-19-18(15)20(4-2)14-8-6-5-7-9-14/h5-11,13,22H,3-4H2,1-2H3. The topological polar surface area (TPSA) is 33.2 Å². The molecule has 1 unspecified atom stereocenters. The molecule has 0 saturated heterocycles. The first-order valence-corrected chi connectivity index (χ1v) is 8.91. The van der Waals surface area contributed by atoms with E-state index in [1.807, 2.05) is 36.6 Å². The lowest BCUT2D eigenvalue weighted by molar-refractivity contribution is -0.110. The van der Waals surface area contributed by atoms with Crippen molar-refractivity contribution < 1.29 is 4.79 Å². The molecule has 22 heavy (non-hydrogen) atoms. The monoisotopic (exact) mass is 311 g/mol. The summed E-state index contributed by atoms with van der Waals surface area (Å²) in [6.07, 6.45) is 5.61. The number of pyridine rings is 1. The lowest BCUT2D eigenvalue weighted by Gasteiger charge is -2.24. The van der Waals surface area contributed by atoms with Crippen molar-refractivity contribution in [2.24, 2.45) is 0 Å². The highest BCUT2D eigenvalue weighted by Gasteiger charge is 2.24. The number of fused-ring (bicyclic) bond motifs is 1. The second-order valence-corrected chi connectivity index (χ2v) is 7.04. The predicted octanol–water partition coefficient (Wildman–Crippen LogP) is 4.32. The van der Waals surface area contributed by atoms with Gasteiger partial charge in [-0.25, -0.2) is 4.98 Å². The van der Waals surface area contributed by atoms with Crippen LogP contribution in [-0.2, 0) is 4.79 Å². The Morgan fingerprint density at radius 1 is 1.27 bits per heavy atom. The minimum Gasteiger partial charge on any atom is -0.326 e. The zero-order valence-corrected chi connectivity index (χ0v) is 13.7. The van der Waals surface area contributed by atoms with E-state index in [0.717, 1.165) is 28.5 Å². The van der Waals surface area contributed by atoms with Crippen molar-refractivity contribution in [2.45, 2.75) is 25.2 Å². The molecule has 2 heterocycles. The van der Waals surface area contributed by atoms with Gasteiger partial charge in [-0.2, -0.15) is 0 Å². The molecule has 0 N–H and O–H groups in total. The Balaban J connectivity index is 2.05. The summed E-state index contributed by atoms with van der Waals surface area (Å²) < 4.78 is 0. The lowest BCUT2D eigenvalue weighted by atomic mass is 10.2. The van der Waals surface area contributed by atoms with Crippen molar-refractivity contribution >= 4 is 33.6 Å². The van der Waals surface area contributed by atoms with Crippen LogP contribution in [0.3, 0.4) is 0 Å². The van der Waals surface area contributed by atoms with Crippen LogP contribution in [0.4, 0.5) is 11.5 Å². The molecule has 0 saturated carbocycles. The van der Waals surface area contributed by atoms with Gasteiger partial charge in [0.05, 0.1) is 6.20 Å². The van der Waals surface area contributed by atoms with Crippen LogP contribution in [0.5, 0.6) is 0 Å². The third-order valence-corrected chi connectivity index (χ3v) is 5.94. The molecule has 3 nitrogen and oxygen atoms in total. The number of benzene rings is 1. The summed E-state index contributed by atoms with van der Waals surface area (Å²) in [6, 6.07) is 12.1. The molecule has 1 aromatic heterocycles. The van der Waals surface area contributed by atoms with Crippen molar-refractivity contribution in [1.82, 2.24) is 4.98 Å². The van der Waals surface area contributed by atoms with Gasteiger partial charge in [0.1, 0.15) is 5.82 Å². The van der Waals surface area contributed by atoms with Crippen LogP contribution in [0, 0.1) is 6.20 Å². The van der Waals surface area contributed by atoms with Gasteiger partial charge in [0.2, 0.25) is 0 Å². The highest BCUT2D eigenvalue weighted by molar-refractivity contribution is 8.32. The summed E-state index contributed by atoms with van der Waals surface area (Å²) >= 11 is 0. The van der Waals surface area contributed by atoms with Crippen molar-refractivity contribution in [3.8, 4) is 0 Å². The molecule has 1 radical (unpaired) electrons. The van der Waals surface area contributed by atoms with Gasteiger partial charge in [-0.3, -0.25) is 4.79 Å². The minimum atomic E-state index is -0.855. The van der Waals surface area contributed by atoms with E-state index in [4.69, 9.17) is 0 Å². The van der Waals surface area contributed by atoms with E-state index < -0.39 is 10.9 Å². The molecule has 4 heteroatoms. The molecule has 2 aromatic rings. The Morgan fingerprint density at radius 2 is 2.05 bits per heavy atom. The van der Waals surface area contributed by atoms with E-state index in [9.17, 15) is 4.79 Å². The number of anilines is 2. The average molecular weight is 311 g/mol. The Bertz CT molecular complexity index is 712. The number of nitrogens with zero attached hydrogens (tertiary/aromatic N) is 2. The van der Waals surface area contributed by atoms with Crippen LogP contribution in [0.1, 0.15) is 25.8 Å². The number of aromatic nitrogens is 1. The van der Waals surface area contributed by atoms with Crippen molar-refractivity contribution in [1.29, 1.82) is 0 Å². The first-order chi connectivity index (χ1) is 10.8. The molecule has 1 aromatic carbocycles. The summed E-state index contributed by atoms with van der Waals surface area (Å²) in [7, 11) is -0.855. The molecule has 1 aliphatic heterocycles. The Hall–Kier alpha value is -2.07. The minimum absolute atomic E-state index is 0.304. The molecule has 0 spiro atoms. The van der Waals surface area contributed by atoms with Crippen LogP contribution in [0.2, 0.25) is 0 Å². The highest BCUT2D eigenvalue weighted by atomic mass is 32.2. The predicted molar refractivity (Wildman–Crippen MR) is 93.8 cm³/mol. The number of carbonyl (C=O) groups excluding carboxylic acids is 1. The third-order valence-electron chi connectivity index (χ3n) is 3.75. The summed E-state index contributed by atoms with van der Waals surface area (Å²) in [5, 5.41) is 2.35. The number of thiol groups is 1. The SMILES string of the molecule is CCC(=O)[SH]1C=Cc2c1c[c]nc2N(CC)c1ccccc1. The van der Waals surface area contributed by atoms with Gasteiger partial charge in [0.25, 0.3) is 0 Å². The molecular formula is C18H19N2OS. The summed E-state index contributed by atoms with van der Waals surface area (Å²) in [5.74, 6) is 0.886. The van der Waals surface area contributed by atoms with Gasteiger partial charge in [0, 0.05) is 29.1 Å². The molecule has 0 fully saturated rings. The van der Waals surface area contributed by atoms with Crippen LogP contribution in [-0.4, -0.2) is 16.6 Å². The van der Waals surface area contributed by atoms with Crippen molar-refractivity contribution in [3.63, 3.8) is 0 Å². The maximum absolute atomic E-state index is 12.1. The molecule has 0 bridgehead atoms. The Labute approximate surface area is 134 Å². The van der Waals surface area contributed by atoms with Gasteiger partial charge >= 0.3 is 0 Å². The number of para-hydroxylation sites is 1. The lowest BCUT2D eigenvalue weighted by Crippen LogP contribution is -2.18.